The van der Waals surface area contributed by atoms with Crippen LogP contribution in [0, 0.1) is 6.92 Å². The van der Waals surface area contributed by atoms with Crippen molar-refractivity contribution in [2.75, 3.05) is 5.32 Å². The molecule has 1 aromatic carbocycles. The van der Waals surface area contributed by atoms with E-state index in [1.54, 1.807) is 24.0 Å². The van der Waals surface area contributed by atoms with Crippen LogP contribution in [0.1, 0.15) is 27.2 Å². The number of fused-ring (bicyclic) bond motifs is 1. The summed E-state index contributed by atoms with van der Waals surface area (Å²) in [6.45, 7) is 2.21. The summed E-state index contributed by atoms with van der Waals surface area (Å²) in [6.07, 6.45) is 0.343. The predicted molar refractivity (Wildman–Crippen MR) is 105 cm³/mol. The summed E-state index contributed by atoms with van der Waals surface area (Å²) in [5, 5.41) is 7.66. The maximum absolute atomic E-state index is 12.7. The summed E-state index contributed by atoms with van der Waals surface area (Å²) in [5.41, 5.74) is 1.92. The van der Waals surface area contributed by atoms with Crippen molar-refractivity contribution in [1.29, 1.82) is 0 Å². The van der Waals surface area contributed by atoms with Crippen LogP contribution in [0.5, 0.6) is 0 Å². The number of rotatable bonds is 4. The van der Waals surface area contributed by atoms with Crippen molar-refractivity contribution < 1.29 is 18.0 Å². The van der Waals surface area contributed by atoms with Crippen molar-refractivity contribution in [3.05, 3.63) is 83.4 Å². The molecule has 0 bridgehead atoms. The minimum atomic E-state index is -4.43. The largest absolute Gasteiger partial charge is 0.416 e. The number of halogens is 3. The highest BCUT2D eigenvalue weighted by Gasteiger charge is 2.30. The van der Waals surface area contributed by atoms with E-state index in [4.69, 9.17) is 0 Å². The van der Waals surface area contributed by atoms with E-state index in [0.29, 0.717) is 28.7 Å². The Labute approximate surface area is 169 Å². The molecule has 0 unspecified atom stereocenters. The first-order chi connectivity index (χ1) is 14.3. The number of nitrogens with one attached hydrogen (secondary N) is 1. The summed E-state index contributed by atoms with van der Waals surface area (Å²) >= 11 is 0. The molecule has 1 N–H and O–H groups in total. The second-order valence-electron chi connectivity index (χ2n) is 6.69. The number of carbonyl (C=O) groups excluding carboxylic acids is 1. The van der Waals surface area contributed by atoms with Gasteiger partial charge in [0.15, 0.2) is 5.65 Å². The van der Waals surface area contributed by atoms with E-state index in [-0.39, 0.29) is 5.69 Å². The molecule has 0 atom stereocenters. The van der Waals surface area contributed by atoms with Crippen LogP contribution in [0.3, 0.4) is 0 Å². The first-order valence-electron chi connectivity index (χ1n) is 9.02. The number of pyridine rings is 2. The molecule has 3 aromatic heterocycles. The van der Waals surface area contributed by atoms with Gasteiger partial charge >= 0.3 is 6.18 Å². The van der Waals surface area contributed by atoms with E-state index in [1.807, 2.05) is 18.2 Å². The van der Waals surface area contributed by atoms with Crippen LogP contribution in [0.4, 0.5) is 18.9 Å². The molecule has 0 aliphatic rings. The molecule has 0 aliphatic heterocycles. The first-order valence-corrected chi connectivity index (χ1v) is 9.02. The van der Waals surface area contributed by atoms with Gasteiger partial charge in [0, 0.05) is 23.5 Å². The maximum atomic E-state index is 12.7. The van der Waals surface area contributed by atoms with Crippen LogP contribution < -0.4 is 5.32 Å². The third kappa shape index (κ3) is 3.86. The average molecular weight is 411 g/mol. The quantitative estimate of drug-likeness (QED) is 0.538. The Kier molecular flexibility index (Phi) is 4.94. The first kappa shape index (κ1) is 19.6. The van der Waals surface area contributed by atoms with E-state index >= 15 is 0 Å². The molecule has 1 amide bonds. The minimum Gasteiger partial charge on any atom is -0.322 e. The van der Waals surface area contributed by atoms with Crippen LogP contribution in [0.15, 0.2) is 61.1 Å². The number of aryl methyl sites for hydroxylation is 1. The molecule has 0 saturated heterocycles. The molecule has 3 heterocycles. The number of hydrogen-bond donors (Lipinski definition) is 1. The third-order valence-corrected chi connectivity index (χ3v) is 4.69. The maximum Gasteiger partial charge on any atom is 0.416 e. The van der Waals surface area contributed by atoms with E-state index in [1.165, 1.54) is 18.3 Å². The number of carbonyl (C=O) groups is 1. The molecule has 152 valence electrons. The van der Waals surface area contributed by atoms with Gasteiger partial charge in [-0.2, -0.15) is 18.3 Å². The van der Waals surface area contributed by atoms with Crippen molar-refractivity contribution in [2.24, 2.45) is 0 Å². The molecule has 0 aliphatic carbocycles. The van der Waals surface area contributed by atoms with Gasteiger partial charge in [-0.25, -0.2) is 9.67 Å². The molecule has 0 saturated carbocycles. The lowest BCUT2D eigenvalue weighted by molar-refractivity contribution is -0.137. The fourth-order valence-electron chi connectivity index (χ4n) is 3.08. The van der Waals surface area contributed by atoms with Gasteiger partial charge in [-0.15, -0.1) is 0 Å². The van der Waals surface area contributed by atoms with Crippen molar-refractivity contribution in [3.63, 3.8) is 0 Å². The number of hydrogen-bond acceptors (Lipinski definition) is 4. The molecular formula is C21H16F3N5O. The van der Waals surface area contributed by atoms with E-state index in [2.05, 4.69) is 20.4 Å². The molecular weight excluding hydrogens is 395 g/mol. The minimum absolute atomic E-state index is 0.262. The van der Waals surface area contributed by atoms with Crippen molar-refractivity contribution in [3.8, 4) is 0 Å². The van der Waals surface area contributed by atoms with Gasteiger partial charge in [-0.3, -0.25) is 9.78 Å². The molecule has 6 nitrogen and oxygen atoms in total. The second kappa shape index (κ2) is 7.58. The van der Waals surface area contributed by atoms with Gasteiger partial charge in [-0.1, -0.05) is 6.07 Å². The standard InChI is InChI=1S/C21H16F3N5O/c1-13-17-11-27-29(12-16-4-2-3-9-25-16)19(17)26-10-18(13)20(30)28-15-7-5-14(6-8-15)21(22,23)24/h2-11H,12H2,1H3,(H,28,30). The number of aromatic nitrogens is 4. The fraction of sp³-hybridized carbons (Fsp3) is 0.143. The van der Waals surface area contributed by atoms with E-state index in [0.717, 1.165) is 17.8 Å². The highest BCUT2D eigenvalue weighted by molar-refractivity contribution is 6.07. The summed E-state index contributed by atoms with van der Waals surface area (Å²) in [6, 6.07) is 9.87. The lowest BCUT2D eigenvalue weighted by Gasteiger charge is -2.10. The lowest BCUT2D eigenvalue weighted by Crippen LogP contribution is -2.14. The van der Waals surface area contributed by atoms with Crippen LogP contribution >= 0.6 is 0 Å². The van der Waals surface area contributed by atoms with Crippen molar-refractivity contribution >= 4 is 22.6 Å². The smallest absolute Gasteiger partial charge is 0.322 e. The Hall–Kier alpha value is -3.75. The van der Waals surface area contributed by atoms with Gasteiger partial charge in [0.25, 0.3) is 5.91 Å². The normalized spacial score (nSPS) is 11.6. The van der Waals surface area contributed by atoms with Crippen LogP contribution in [-0.2, 0) is 12.7 Å². The van der Waals surface area contributed by atoms with Gasteiger partial charge in [0.1, 0.15) is 0 Å². The third-order valence-electron chi connectivity index (χ3n) is 4.69. The number of nitrogens with zero attached hydrogens (tertiary/aromatic N) is 4. The highest BCUT2D eigenvalue weighted by atomic mass is 19.4. The zero-order valence-electron chi connectivity index (χ0n) is 15.8. The average Bonchev–Trinajstić information content (AvgIpc) is 3.12. The van der Waals surface area contributed by atoms with Crippen LogP contribution in [-0.4, -0.2) is 25.7 Å². The predicted octanol–water partition coefficient (Wildman–Crippen LogP) is 4.45. The molecule has 30 heavy (non-hydrogen) atoms. The molecule has 9 heteroatoms. The van der Waals surface area contributed by atoms with Gasteiger partial charge in [0.2, 0.25) is 0 Å². The zero-order chi connectivity index (χ0) is 21.3. The van der Waals surface area contributed by atoms with Crippen LogP contribution in [0.2, 0.25) is 0 Å². The van der Waals surface area contributed by atoms with Crippen molar-refractivity contribution in [2.45, 2.75) is 19.6 Å². The van der Waals surface area contributed by atoms with Crippen LogP contribution in [0.25, 0.3) is 11.0 Å². The Bertz CT molecular complexity index is 1200. The molecule has 0 fully saturated rings. The second-order valence-corrected chi connectivity index (χ2v) is 6.69. The number of benzene rings is 1. The Morgan fingerprint density at radius 1 is 1.07 bits per heavy atom. The van der Waals surface area contributed by atoms with Crippen molar-refractivity contribution in [1.82, 2.24) is 19.7 Å². The molecule has 0 radical (unpaired) electrons. The lowest BCUT2D eigenvalue weighted by atomic mass is 10.1. The fourth-order valence-corrected chi connectivity index (χ4v) is 3.08. The Morgan fingerprint density at radius 3 is 2.50 bits per heavy atom. The van der Waals surface area contributed by atoms with Gasteiger partial charge < -0.3 is 5.32 Å². The molecule has 0 spiro atoms. The van der Waals surface area contributed by atoms with Gasteiger partial charge in [0.05, 0.1) is 29.6 Å². The van der Waals surface area contributed by atoms with E-state index < -0.39 is 17.6 Å². The zero-order valence-corrected chi connectivity index (χ0v) is 15.8. The Balaban J connectivity index is 1.57. The Morgan fingerprint density at radius 2 is 1.83 bits per heavy atom. The topological polar surface area (TPSA) is 72.7 Å². The molecule has 4 rings (SSSR count). The summed E-state index contributed by atoms with van der Waals surface area (Å²) in [7, 11) is 0. The van der Waals surface area contributed by atoms with E-state index in [9.17, 15) is 18.0 Å². The summed E-state index contributed by atoms with van der Waals surface area (Å²) < 4.78 is 39.7. The van der Waals surface area contributed by atoms with Gasteiger partial charge in [-0.05, 0) is 48.9 Å². The summed E-state index contributed by atoms with van der Waals surface area (Å²) in [4.78, 5) is 21.3. The number of anilines is 1. The number of alkyl halides is 3. The SMILES string of the molecule is Cc1c(C(=O)Nc2ccc(C(F)(F)F)cc2)cnc2c1cnn2Cc1ccccn1. The summed E-state index contributed by atoms with van der Waals surface area (Å²) in [5.74, 6) is -0.459. The molecule has 4 aromatic rings. The number of amides is 1. The highest BCUT2D eigenvalue weighted by Crippen LogP contribution is 2.30. The monoisotopic (exact) mass is 411 g/mol.